The lowest BCUT2D eigenvalue weighted by Crippen LogP contribution is -2.31. The maximum absolute atomic E-state index is 13.1. The highest BCUT2D eigenvalue weighted by molar-refractivity contribution is 7.99. The van der Waals surface area contributed by atoms with Crippen LogP contribution in [0.2, 0.25) is 5.02 Å². The monoisotopic (exact) mass is 515 g/mol. The number of ether oxygens (including phenoxy) is 1. The molecule has 2 aromatic carbocycles. The van der Waals surface area contributed by atoms with Crippen molar-refractivity contribution in [2.24, 2.45) is 5.92 Å². The number of phenols is 1. The molecule has 1 unspecified atom stereocenters. The molecule has 0 radical (unpaired) electrons. The molecule has 188 valence electrons. The first kappa shape index (κ1) is 25.6. The van der Waals surface area contributed by atoms with Crippen molar-refractivity contribution < 1.29 is 14.1 Å². The molecule has 1 saturated carbocycles. The van der Waals surface area contributed by atoms with Gasteiger partial charge in [0.25, 0.3) is 0 Å². The highest BCUT2D eigenvalue weighted by Gasteiger charge is 2.24. The van der Waals surface area contributed by atoms with Crippen LogP contribution in [0.5, 0.6) is 11.5 Å². The number of nitrogens with zero attached hydrogens (tertiary/aromatic N) is 2. The summed E-state index contributed by atoms with van der Waals surface area (Å²) in [5, 5.41) is 15.0. The Kier molecular flexibility index (Phi) is 7.50. The number of rotatable bonds is 7. The topological polar surface area (TPSA) is 74.7 Å². The van der Waals surface area contributed by atoms with E-state index in [2.05, 4.69) is 35.2 Å². The molecule has 0 saturated heterocycles. The maximum Gasteiger partial charge on any atom is 0.176 e. The molecule has 1 aliphatic rings. The number of hydrogen-bond donors (Lipinski definition) is 2. The Morgan fingerprint density at radius 2 is 1.91 bits per heavy atom. The number of nitrogens with one attached hydrogen (secondary N) is 1. The number of aromatic nitrogens is 1. The third-order valence-electron chi connectivity index (χ3n) is 6.70. The summed E-state index contributed by atoms with van der Waals surface area (Å²) in [4.78, 5) is 7.49. The first-order chi connectivity index (χ1) is 16.6. The summed E-state index contributed by atoms with van der Waals surface area (Å²) in [5.41, 5.74) is 3.34. The minimum Gasteiger partial charge on any atom is -0.503 e. The molecule has 4 rings (SSSR count). The molecule has 1 atom stereocenters. The number of benzene rings is 2. The minimum atomic E-state index is -2.51. The lowest BCUT2D eigenvalue weighted by Gasteiger charge is -2.32. The van der Waals surface area contributed by atoms with Crippen molar-refractivity contribution in [1.82, 2.24) is 9.88 Å². The second-order valence-corrected chi connectivity index (χ2v) is 12.7. The molecule has 1 aromatic heterocycles. The largest absolute Gasteiger partial charge is 0.503 e. The average molecular weight is 516 g/mol. The number of halogens is 1. The van der Waals surface area contributed by atoms with Crippen molar-refractivity contribution in [3.8, 4) is 22.6 Å². The van der Waals surface area contributed by atoms with Crippen molar-refractivity contribution in [2.75, 3.05) is 39.3 Å². The van der Waals surface area contributed by atoms with Gasteiger partial charge >= 0.3 is 0 Å². The summed E-state index contributed by atoms with van der Waals surface area (Å²) in [6, 6.07) is 9.69. The number of anilines is 1. The molecule has 0 bridgehead atoms. The SMILES string of the molecule is C=S(C)(=O)c1cnc2ccc(-c3cc(Cl)c(O)c(OC)c3)cc2c1N[C@H]1CC[C@H](CN(C)C)CC1. The Hall–Kier alpha value is -2.48. The van der Waals surface area contributed by atoms with Crippen molar-refractivity contribution >= 4 is 43.6 Å². The number of fused-ring (bicyclic) bond motifs is 1. The molecule has 6 nitrogen and oxygen atoms in total. The summed E-state index contributed by atoms with van der Waals surface area (Å²) in [6.07, 6.45) is 7.80. The molecular formula is C27H34ClN3O3S. The molecule has 8 heteroatoms. The Balaban J connectivity index is 1.76. The maximum atomic E-state index is 13.1. The molecule has 2 N–H and O–H groups in total. The third kappa shape index (κ3) is 5.68. The summed E-state index contributed by atoms with van der Waals surface area (Å²) in [7, 11) is 3.24. The number of hydrogen-bond acceptors (Lipinski definition) is 6. The second kappa shape index (κ2) is 10.2. The Bertz CT molecular complexity index is 1330. The zero-order valence-electron chi connectivity index (χ0n) is 20.8. The van der Waals surface area contributed by atoms with E-state index in [-0.39, 0.29) is 10.8 Å². The zero-order valence-corrected chi connectivity index (χ0v) is 22.4. The van der Waals surface area contributed by atoms with E-state index >= 15 is 0 Å². The Morgan fingerprint density at radius 1 is 1.20 bits per heavy atom. The van der Waals surface area contributed by atoms with E-state index in [0.29, 0.717) is 22.6 Å². The van der Waals surface area contributed by atoms with Gasteiger partial charge in [-0.1, -0.05) is 17.7 Å². The molecule has 0 amide bonds. The van der Waals surface area contributed by atoms with Crippen molar-refractivity contribution in [2.45, 2.75) is 36.6 Å². The predicted molar refractivity (Wildman–Crippen MR) is 148 cm³/mol. The summed E-state index contributed by atoms with van der Waals surface area (Å²) in [5.74, 6) is 4.88. The van der Waals surface area contributed by atoms with Gasteiger partial charge in [0.2, 0.25) is 0 Å². The van der Waals surface area contributed by atoms with Crippen LogP contribution in [0, 0.1) is 5.92 Å². The van der Waals surface area contributed by atoms with Crippen LogP contribution in [0.25, 0.3) is 22.0 Å². The van der Waals surface area contributed by atoms with E-state index in [1.807, 2.05) is 18.2 Å². The van der Waals surface area contributed by atoms with Gasteiger partial charge in [-0.2, -0.15) is 0 Å². The van der Waals surface area contributed by atoms with Crippen LogP contribution >= 0.6 is 11.6 Å². The van der Waals surface area contributed by atoms with Crippen LogP contribution in [0.3, 0.4) is 0 Å². The highest BCUT2D eigenvalue weighted by atomic mass is 35.5. The normalized spacial score (nSPS) is 20.1. The van der Waals surface area contributed by atoms with E-state index in [9.17, 15) is 9.32 Å². The van der Waals surface area contributed by atoms with Gasteiger partial charge in [-0.3, -0.25) is 9.19 Å². The number of methoxy groups -OCH3 is 1. The number of phenolic OH excluding ortho intramolecular Hbond substituents is 1. The Morgan fingerprint density at radius 3 is 2.54 bits per heavy atom. The predicted octanol–water partition coefficient (Wildman–Crippen LogP) is 5.51. The van der Waals surface area contributed by atoms with E-state index in [0.717, 1.165) is 59.9 Å². The highest BCUT2D eigenvalue weighted by Crippen LogP contribution is 2.40. The zero-order chi connectivity index (χ0) is 25.3. The molecule has 0 aliphatic heterocycles. The summed E-state index contributed by atoms with van der Waals surface area (Å²) in [6.45, 7) is 1.11. The van der Waals surface area contributed by atoms with Gasteiger partial charge in [0.1, 0.15) is 0 Å². The van der Waals surface area contributed by atoms with Gasteiger partial charge in [-0.15, -0.1) is 0 Å². The molecular weight excluding hydrogens is 482 g/mol. The van der Waals surface area contributed by atoms with Crippen molar-refractivity contribution in [3.05, 3.63) is 41.6 Å². The molecule has 1 aliphatic carbocycles. The smallest absolute Gasteiger partial charge is 0.176 e. The van der Waals surface area contributed by atoms with Gasteiger partial charge in [0.05, 0.1) is 28.2 Å². The molecule has 1 heterocycles. The summed E-state index contributed by atoms with van der Waals surface area (Å²) < 4.78 is 18.4. The number of pyridine rings is 1. The van der Waals surface area contributed by atoms with Gasteiger partial charge in [-0.05, 0) is 96.5 Å². The standard InChI is InChI=1S/C27H34ClN3O3S/c1-31(2)16-17-6-9-20(10-7-17)30-26-21-12-18(19-13-22(28)27(32)24(14-19)34-3)8-11-23(21)29-15-25(26)35(4,5)33/h8,11-15,17,20,32H,4,6-7,9-10,16H2,1-3,5H3,(H,29,30)/t17-,20-,35?. The number of aromatic hydroxyl groups is 1. The van der Waals surface area contributed by atoms with Crippen LogP contribution in [0.4, 0.5) is 5.69 Å². The van der Waals surface area contributed by atoms with Crippen LogP contribution < -0.4 is 10.1 Å². The van der Waals surface area contributed by atoms with Crippen LogP contribution in [-0.4, -0.2) is 65.1 Å². The lowest BCUT2D eigenvalue weighted by molar-refractivity contribution is 0.255. The van der Waals surface area contributed by atoms with E-state index < -0.39 is 9.52 Å². The van der Waals surface area contributed by atoms with Gasteiger partial charge in [0.15, 0.2) is 11.5 Å². The average Bonchev–Trinajstić information content (AvgIpc) is 2.80. The Labute approximate surface area is 213 Å². The second-order valence-electron chi connectivity index (χ2n) is 9.87. The first-order valence-corrected chi connectivity index (χ1v) is 14.3. The fourth-order valence-electron chi connectivity index (χ4n) is 4.94. The third-order valence-corrected chi connectivity index (χ3v) is 8.23. The van der Waals surface area contributed by atoms with Crippen LogP contribution in [0.15, 0.2) is 41.4 Å². The van der Waals surface area contributed by atoms with Crippen molar-refractivity contribution in [1.29, 1.82) is 0 Å². The fraction of sp³-hybridized carbons (Fsp3) is 0.407. The van der Waals surface area contributed by atoms with E-state index in [4.69, 9.17) is 16.3 Å². The lowest BCUT2D eigenvalue weighted by atomic mass is 9.85. The van der Waals surface area contributed by atoms with Crippen LogP contribution in [-0.2, 0) is 9.52 Å². The molecule has 3 aromatic rings. The fourth-order valence-corrected chi connectivity index (χ4v) is 6.02. The first-order valence-electron chi connectivity index (χ1n) is 11.8. The molecule has 1 fully saturated rings. The molecule has 35 heavy (non-hydrogen) atoms. The van der Waals surface area contributed by atoms with E-state index in [1.54, 1.807) is 24.6 Å². The van der Waals surface area contributed by atoms with Gasteiger partial charge < -0.3 is 20.1 Å². The van der Waals surface area contributed by atoms with Gasteiger partial charge in [-0.25, -0.2) is 0 Å². The van der Waals surface area contributed by atoms with Gasteiger partial charge in [0, 0.05) is 30.4 Å². The van der Waals surface area contributed by atoms with E-state index in [1.165, 1.54) is 7.11 Å². The van der Waals surface area contributed by atoms with Crippen LogP contribution in [0.1, 0.15) is 25.7 Å². The summed E-state index contributed by atoms with van der Waals surface area (Å²) >= 11 is 6.25. The quantitative estimate of drug-likeness (QED) is 0.404. The molecule has 0 spiro atoms. The minimum absolute atomic E-state index is 0.0855. The van der Waals surface area contributed by atoms with Crippen molar-refractivity contribution in [3.63, 3.8) is 0 Å².